The Hall–Kier alpha value is -2.36. The molecule has 0 aromatic heterocycles. The number of anilines is 2. The Kier molecular flexibility index (Phi) is 3.51. The molecule has 0 saturated heterocycles. The summed E-state index contributed by atoms with van der Waals surface area (Å²) in [6.07, 6.45) is 0. The van der Waals surface area contributed by atoms with Crippen molar-refractivity contribution in [3.8, 4) is 0 Å². The maximum absolute atomic E-state index is 13.6. The molecular weight excluding hydrogens is 243 g/mol. The number of amides is 1. The second-order valence-electron chi connectivity index (χ2n) is 4.46. The fourth-order valence-electron chi connectivity index (χ4n) is 1.74. The van der Waals surface area contributed by atoms with Gasteiger partial charge >= 0.3 is 0 Å². The molecule has 0 fully saturated rings. The monoisotopic (exact) mass is 258 g/mol. The van der Waals surface area contributed by atoms with E-state index in [9.17, 15) is 9.18 Å². The largest absolute Gasteiger partial charge is 0.397 e. The molecule has 0 radical (unpaired) electrons. The summed E-state index contributed by atoms with van der Waals surface area (Å²) in [4.78, 5) is 12.0. The third kappa shape index (κ3) is 2.73. The minimum atomic E-state index is -0.544. The Morgan fingerprint density at radius 1 is 1.16 bits per heavy atom. The van der Waals surface area contributed by atoms with Gasteiger partial charge in [0.25, 0.3) is 5.91 Å². The average molecular weight is 258 g/mol. The fraction of sp³-hybridized carbons (Fsp3) is 0.133. The summed E-state index contributed by atoms with van der Waals surface area (Å²) >= 11 is 0. The van der Waals surface area contributed by atoms with Crippen molar-refractivity contribution in [2.75, 3.05) is 11.1 Å². The molecule has 0 unspecified atom stereocenters. The molecular formula is C15H15FN2O. The van der Waals surface area contributed by atoms with E-state index in [2.05, 4.69) is 5.32 Å². The van der Waals surface area contributed by atoms with Crippen molar-refractivity contribution in [3.05, 3.63) is 58.9 Å². The van der Waals surface area contributed by atoms with Gasteiger partial charge in [-0.25, -0.2) is 4.39 Å². The molecule has 0 aliphatic rings. The van der Waals surface area contributed by atoms with Crippen LogP contribution in [0.1, 0.15) is 21.5 Å². The van der Waals surface area contributed by atoms with Crippen LogP contribution in [0.2, 0.25) is 0 Å². The van der Waals surface area contributed by atoms with Crippen molar-refractivity contribution in [2.45, 2.75) is 13.8 Å². The standard InChI is InChI=1S/C15H15FN2O/c1-9-6-7-11(8-10(9)2)15(19)18-14-12(16)4-3-5-13(14)17/h3-8H,17H2,1-2H3,(H,18,19). The molecule has 0 spiro atoms. The van der Waals surface area contributed by atoms with Crippen LogP contribution < -0.4 is 11.1 Å². The Bertz CT molecular complexity index is 618. The second-order valence-corrected chi connectivity index (χ2v) is 4.46. The third-order valence-electron chi connectivity index (χ3n) is 3.05. The van der Waals surface area contributed by atoms with Gasteiger partial charge in [0, 0.05) is 5.56 Å². The number of nitrogens with one attached hydrogen (secondary N) is 1. The Morgan fingerprint density at radius 2 is 1.89 bits per heavy atom. The minimum Gasteiger partial charge on any atom is -0.397 e. The quantitative estimate of drug-likeness (QED) is 0.812. The van der Waals surface area contributed by atoms with Crippen LogP contribution in [-0.4, -0.2) is 5.91 Å². The Balaban J connectivity index is 2.28. The van der Waals surface area contributed by atoms with Gasteiger partial charge in [-0.15, -0.1) is 0 Å². The number of hydrogen-bond donors (Lipinski definition) is 2. The van der Waals surface area contributed by atoms with Gasteiger partial charge in [0.15, 0.2) is 0 Å². The van der Waals surface area contributed by atoms with Gasteiger partial charge < -0.3 is 11.1 Å². The highest BCUT2D eigenvalue weighted by Gasteiger charge is 2.12. The van der Waals surface area contributed by atoms with Crippen LogP contribution in [0.25, 0.3) is 0 Å². The highest BCUT2D eigenvalue weighted by atomic mass is 19.1. The summed E-state index contributed by atoms with van der Waals surface area (Å²) in [6.45, 7) is 3.88. The third-order valence-corrected chi connectivity index (χ3v) is 3.05. The number of nitrogen functional groups attached to an aromatic ring is 1. The molecule has 0 aliphatic carbocycles. The van der Waals surface area contributed by atoms with Gasteiger partial charge in [-0.05, 0) is 49.2 Å². The number of carbonyl (C=O) groups excluding carboxylic acids is 1. The Labute approximate surface area is 111 Å². The van der Waals surface area contributed by atoms with Gasteiger partial charge in [-0.3, -0.25) is 4.79 Å². The zero-order chi connectivity index (χ0) is 14.0. The molecule has 0 bridgehead atoms. The molecule has 2 rings (SSSR count). The molecule has 4 heteroatoms. The van der Waals surface area contributed by atoms with E-state index >= 15 is 0 Å². The van der Waals surface area contributed by atoms with Crippen LogP contribution in [0, 0.1) is 19.7 Å². The second kappa shape index (κ2) is 5.10. The maximum Gasteiger partial charge on any atom is 0.255 e. The topological polar surface area (TPSA) is 55.1 Å². The van der Waals surface area contributed by atoms with E-state index in [1.807, 2.05) is 19.9 Å². The summed E-state index contributed by atoms with van der Waals surface area (Å²) in [5.74, 6) is -0.919. The van der Waals surface area contributed by atoms with Crippen molar-refractivity contribution in [1.82, 2.24) is 0 Å². The number of hydrogen-bond acceptors (Lipinski definition) is 2. The van der Waals surface area contributed by atoms with Gasteiger partial charge in [-0.2, -0.15) is 0 Å². The smallest absolute Gasteiger partial charge is 0.255 e. The van der Waals surface area contributed by atoms with E-state index in [-0.39, 0.29) is 17.3 Å². The van der Waals surface area contributed by atoms with Crippen LogP contribution in [0.4, 0.5) is 15.8 Å². The minimum absolute atomic E-state index is 0.0192. The summed E-state index contributed by atoms with van der Waals surface area (Å²) in [5, 5.41) is 2.50. The van der Waals surface area contributed by atoms with Crippen LogP contribution in [0.3, 0.4) is 0 Å². The summed E-state index contributed by atoms with van der Waals surface area (Å²) < 4.78 is 13.6. The molecule has 0 saturated carbocycles. The van der Waals surface area contributed by atoms with Gasteiger partial charge in [0.2, 0.25) is 0 Å². The molecule has 19 heavy (non-hydrogen) atoms. The van der Waals surface area contributed by atoms with E-state index in [0.717, 1.165) is 11.1 Å². The molecule has 3 N–H and O–H groups in total. The SMILES string of the molecule is Cc1ccc(C(=O)Nc2c(N)cccc2F)cc1C. The summed E-state index contributed by atoms with van der Waals surface area (Å²) in [7, 11) is 0. The van der Waals surface area contributed by atoms with Gasteiger partial charge in [0.05, 0.1) is 5.69 Å². The lowest BCUT2D eigenvalue weighted by molar-refractivity contribution is 0.102. The van der Waals surface area contributed by atoms with Gasteiger partial charge in [0.1, 0.15) is 11.5 Å². The molecule has 98 valence electrons. The fourth-order valence-corrected chi connectivity index (χ4v) is 1.74. The molecule has 3 nitrogen and oxygen atoms in total. The molecule has 1 amide bonds. The van der Waals surface area contributed by atoms with Crippen LogP contribution in [0.15, 0.2) is 36.4 Å². The van der Waals surface area contributed by atoms with E-state index < -0.39 is 5.82 Å². The molecule has 2 aromatic rings. The number of benzene rings is 2. The predicted octanol–water partition coefficient (Wildman–Crippen LogP) is 3.28. The zero-order valence-corrected chi connectivity index (χ0v) is 10.8. The van der Waals surface area contributed by atoms with E-state index in [0.29, 0.717) is 5.56 Å². The van der Waals surface area contributed by atoms with Crippen molar-refractivity contribution < 1.29 is 9.18 Å². The first kappa shape index (κ1) is 13.1. The lowest BCUT2D eigenvalue weighted by atomic mass is 10.1. The predicted molar refractivity (Wildman–Crippen MR) is 74.7 cm³/mol. The van der Waals surface area contributed by atoms with E-state index in [1.54, 1.807) is 18.2 Å². The first-order valence-electron chi connectivity index (χ1n) is 5.91. The highest BCUT2D eigenvalue weighted by molar-refractivity contribution is 6.05. The lowest BCUT2D eigenvalue weighted by Gasteiger charge is -2.10. The van der Waals surface area contributed by atoms with E-state index in [1.165, 1.54) is 12.1 Å². The number of halogens is 1. The van der Waals surface area contributed by atoms with Crippen LogP contribution in [0.5, 0.6) is 0 Å². The number of para-hydroxylation sites is 1. The number of nitrogens with two attached hydrogens (primary N) is 1. The molecule has 0 aliphatic heterocycles. The van der Waals surface area contributed by atoms with Crippen molar-refractivity contribution in [2.24, 2.45) is 0 Å². The van der Waals surface area contributed by atoms with Gasteiger partial charge in [-0.1, -0.05) is 12.1 Å². The molecule has 2 aromatic carbocycles. The lowest BCUT2D eigenvalue weighted by Crippen LogP contribution is -2.14. The first-order chi connectivity index (χ1) is 8.99. The number of aryl methyl sites for hydroxylation is 2. The number of rotatable bonds is 2. The Morgan fingerprint density at radius 3 is 2.53 bits per heavy atom. The summed E-state index contributed by atoms with van der Waals surface area (Å²) in [5.41, 5.74) is 8.46. The zero-order valence-electron chi connectivity index (χ0n) is 10.8. The average Bonchev–Trinajstić information content (AvgIpc) is 2.37. The highest BCUT2D eigenvalue weighted by Crippen LogP contribution is 2.22. The van der Waals surface area contributed by atoms with Crippen molar-refractivity contribution in [3.63, 3.8) is 0 Å². The van der Waals surface area contributed by atoms with Crippen LogP contribution >= 0.6 is 0 Å². The van der Waals surface area contributed by atoms with Crippen molar-refractivity contribution >= 4 is 17.3 Å². The number of carbonyl (C=O) groups is 1. The maximum atomic E-state index is 13.6. The van der Waals surface area contributed by atoms with Crippen LogP contribution in [-0.2, 0) is 0 Å². The first-order valence-corrected chi connectivity index (χ1v) is 5.91. The molecule has 0 atom stereocenters. The normalized spacial score (nSPS) is 10.3. The summed E-state index contributed by atoms with van der Waals surface area (Å²) in [6, 6.07) is 9.62. The van der Waals surface area contributed by atoms with Crippen molar-refractivity contribution in [1.29, 1.82) is 0 Å². The molecule has 0 heterocycles. The van der Waals surface area contributed by atoms with E-state index in [4.69, 9.17) is 5.73 Å².